The van der Waals surface area contributed by atoms with Gasteiger partial charge in [-0.25, -0.2) is 0 Å². The Morgan fingerprint density at radius 1 is 1.62 bits per heavy atom. The van der Waals surface area contributed by atoms with Crippen molar-refractivity contribution in [2.45, 2.75) is 13.5 Å². The van der Waals surface area contributed by atoms with Crippen molar-refractivity contribution in [1.29, 1.82) is 0 Å². The first-order valence-electron chi connectivity index (χ1n) is 4.64. The molecule has 1 aromatic rings. The standard InChI is InChI=1S/C10H18N2S/c1-9(8-13-2)5-12-7-10-3-4-11-6-10/h3-4,6,9,11-12H,5,7-8H2,1-2H3. The van der Waals surface area contributed by atoms with Gasteiger partial charge in [0.25, 0.3) is 0 Å². The Morgan fingerprint density at radius 3 is 3.08 bits per heavy atom. The molecule has 1 rings (SSSR count). The van der Waals surface area contributed by atoms with Crippen LogP contribution in [0.5, 0.6) is 0 Å². The molecule has 0 aliphatic rings. The lowest BCUT2D eigenvalue weighted by atomic mass is 10.2. The van der Waals surface area contributed by atoms with Gasteiger partial charge in [-0.1, -0.05) is 6.92 Å². The number of hydrogen-bond donors (Lipinski definition) is 2. The lowest BCUT2D eigenvalue weighted by Crippen LogP contribution is -2.21. The Balaban J connectivity index is 2.07. The molecule has 0 saturated heterocycles. The highest BCUT2D eigenvalue weighted by molar-refractivity contribution is 7.98. The fourth-order valence-electron chi connectivity index (χ4n) is 1.27. The Hall–Kier alpha value is -0.410. The Bertz CT molecular complexity index is 209. The Morgan fingerprint density at radius 2 is 2.46 bits per heavy atom. The second-order valence-corrected chi connectivity index (χ2v) is 4.32. The van der Waals surface area contributed by atoms with Gasteiger partial charge in [0.1, 0.15) is 0 Å². The van der Waals surface area contributed by atoms with Crippen LogP contribution in [0.4, 0.5) is 0 Å². The molecule has 0 aliphatic carbocycles. The van der Waals surface area contributed by atoms with Crippen LogP contribution in [-0.2, 0) is 6.54 Å². The van der Waals surface area contributed by atoms with Gasteiger partial charge in [0.05, 0.1) is 0 Å². The van der Waals surface area contributed by atoms with Crippen molar-refractivity contribution in [2.75, 3.05) is 18.6 Å². The Labute approximate surface area is 84.5 Å². The maximum atomic E-state index is 3.44. The molecule has 0 fully saturated rings. The molecule has 0 aliphatic heterocycles. The molecule has 0 aromatic carbocycles. The van der Waals surface area contributed by atoms with Crippen LogP contribution >= 0.6 is 11.8 Å². The van der Waals surface area contributed by atoms with Crippen LogP contribution in [0.1, 0.15) is 12.5 Å². The fourth-order valence-corrected chi connectivity index (χ4v) is 1.96. The van der Waals surface area contributed by atoms with Crippen LogP contribution < -0.4 is 5.32 Å². The summed E-state index contributed by atoms with van der Waals surface area (Å²) in [6.45, 7) is 4.36. The molecular weight excluding hydrogens is 180 g/mol. The molecule has 1 aromatic heterocycles. The van der Waals surface area contributed by atoms with E-state index in [-0.39, 0.29) is 0 Å². The molecule has 2 N–H and O–H groups in total. The molecule has 1 heterocycles. The van der Waals surface area contributed by atoms with Crippen molar-refractivity contribution in [3.8, 4) is 0 Å². The number of aromatic amines is 1. The monoisotopic (exact) mass is 198 g/mol. The molecule has 1 atom stereocenters. The van der Waals surface area contributed by atoms with Crippen LogP contribution in [0.25, 0.3) is 0 Å². The predicted octanol–water partition coefficient (Wildman–Crippen LogP) is 2.10. The van der Waals surface area contributed by atoms with Gasteiger partial charge in [-0.05, 0) is 36.1 Å². The topological polar surface area (TPSA) is 27.8 Å². The molecule has 0 amide bonds. The highest BCUT2D eigenvalue weighted by Crippen LogP contribution is 2.03. The molecule has 0 radical (unpaired) electrons. The molecule has 3 heteroatoms. The number of nitrogens with one attached hydrogen (secondary N) is 2. The molecule has 0 bridgehead atoms. The second kappa shape index (κ2) is 6.11. The van der Waals surface area contributed by atoms with E-state index in [9.17, 15) is 0 Å². The normalized spacial score (nSPS) is 13.1. The third-order valence-electron chi connectivity index (χ3n) is 1.94. The lowest BCUT2D eigenvalue weighted by Gasteiger charge is -2.10. The third-order valence-corrected chi connectivity index (χ3v) is 2.84. The van der Waals surface area contributed by atoms with E-state index in [1.165, 1.54) is 11.3 Å². The summed E-state index contributed by atoms with van der Waals surface area (Å²) in [6.07, 6.45) is 6.15. The number of aromatic nitrogens is 1. The van der Waals surface area contributed by atoms with Gasteiger partial charge >= 0.3 is 0 Å². The van der Waals surface area contributed by atoms with Gasteiger partial charge in [0.2, 0.25) is 0 Å². The van der Waals surface area contributed by atoms with E-state index in [2.05, 4.69) is 29.5 Å². The minimum Gasteiger partial charge on any atom is -0.367 e. The lowest BCUT2D eigenvalue weighted by molar-refractivity contribution is 0.559. The van der Waals surface area contributed by atoms with Crippen LogP contribution in [0.15, 0.2) is 18.5 Å². The highest BCUT2D eigenvalue weighted by Gasteiger charge is 1.99. The molecule has 0 saturated carbocycles. The van der Waals surface area contributed by atoms with Crippen molar-refractivity contribution in [3.63, 3.8) is 0 Å². The van der Waals surface area contributed by atoms with E-state index in [1.54, 1.807) is 0 Å². The maximum Gasteiger partial charge on any atom is 0.0220 e. The quantitative estimate of drug-likeness (QED) is 0.732. The van der Waals surface area contributed by atoms with Crippen molar-refractivity contribution < 1.29 is 0 Å². The summed E-state index contributed by atoms with van der Waals surface area (Å²) >= 11 is 1.91. The van der Waals surface area contributed by atoms with Gasteiger partial charge in [-0.2, -0.15) is 11.8 Å². The van der Waals surface area contributed by atoms with Gasteiger partial charge in [0, 0.05) is 18.9 Å². The van der Waals surface area contributed by atoms with Gasteiger partial charge in [-0.3, -0.25) is 0 Å². The molecular formula is C10H18N2S. The summed E-state index contributed by atoms with van der Waals surface area (Å²) in [5.41, 5.74) is 1.33. The van der Waals surface area contributed by atoms with E-state index < -0.39 is 0 Å². The summed E-state index contributed by atoms with van der Waals surface area (Å²) in [5.74, 6) is 1.99. The smallest absolute Gasteiger partial charge is 0.0220 e. The predicted molar refractivity (Wildman–Crippen MR) is 60.0 cm³/mol. The van der Waals surface area contributed by atoms with Crippen molar-refractivity contribution in [3.05, 3.63) is 24.0 Å². The number of thioether (sulfide) groups is 1. The average molecular weight is 198 g/mol. The first-order valence-corrected chi connectivity index (χ1v) is 6.03. The number of rotatable bonds is 6. The summed E-state index contributed by atoms with van der Waals surface area (Å²) in [7, 11) is 0. The van der Waals surface area contributed by atoms with Crippen LogP contribution in [0.2, 0.25) is 0 Å². The summed E-state index contributed by atoms with van der Waals surface area (Å²) < 4.78 is 0. The van der Waals surface area contributed by atoms with E-state index in [4.69, 9.17) is 0 Å². The summed E-state index contributed by atoms with van der Waals surface area (Å²) in [5, 5.41) is 3.44. The van der Waals surface area contributed by atoms with Crippen LogP contribution in [0.3, 0.4) is 0 Å². The number of hydrogen-bond acceptors (Lipinski definition) is 2. The van der Waals surface area contributed by atoms with Crippen molar-refractivity contribution in [1.82, 2.24) is 10.3 Å². The molecule has 13 heavy (non-hydrogen) atoms. The average Bonchev–Trinajstić information content (AvgIpc) is 2.57. The minimum absolute atomic E-state index is 0.758. The van der Waals surface area contributed by atoms with E-state index in [1.807, 2.05) is 24.2 Å². The zero-order valence-electron chi connectivity index (χ0n) is 8.34. The molecule has 74 valence electrons. The molecule has 2 nitrogen and oxygen atoms in total. The van der Waals surface area contributed by atoms with Gasteiger partial charge in [0.15, 0.2) is 0 Å². The molecule has 0 spiro atoms. The summed E-state index contributed by atoms with van der Waals surface area (Å²) in [6, 6.07) is 2.10. The maximum absolute atomic E-state index is 3.44. The van der Waals surface area contributed by atoms with E-state index in [0.717, 1.165) is 19.0 Å². The van der Waals surface area contributed by atoms with Crippen molar-refractivity contribution in [2.24, 2.45) is 5.92 Å². The first kappa shape index (κ1) is 10.7. The van der Waals surface area contributed by atoms with E-state index >= 15 is 0 Å². The van der Waals surface area contributed by atoms with E-state index in [0.29, 0.717) is 0 Å². The largest absolute Gasteiger partial charge is 0.367 e. The van der Waals surface area contributed by atoms with Gasteiger partial charge < -0.3 is 10.3 Å². The minimum atomic E-state index is 0.758. The van der Waals surface area contributed by atoms with Crippen LogP contribution in [0, 0.1) is 5.92 Å². The van der Waals surface area contributed by atoms with Crippen molar-refractivity contribution >= 4 is 11.8 Å². The highest BCUT2D eigenvalue weighted by atomic mass is 32.2. The second-order valence-electron chi connectivity index (χ2n) is 3.41. The number of H-pyrrole nitrogens is 1. The zero-order valence-corrected chi connectivity index (χ0v) is 9.16. The first-order chi connectivity index (χ1) is 6.33. The zero-order chi connectivity index (χ0) is 9.52. The third kappa shape index (κ3) is 4.39. The molecule has 1 unspecified atom stereocenters. The summed E-state index contributed by atoms with van der Waals surface area (Å²) in [4.78, 5) is 3.05. The van der Waals surface area contributed by atoms with Gasteiger partial charge in [-0.15, -0.1) is 0 Å². The fraction of sp³-hybridized carbons (Fsp3) is 0.600. The van der Waals surface area contributed by atoms with Crippen LogP contribution in [-0.4, -0.2) is 23.5 Å². The SMILES string of the molecule is CSCC(C)CNCc1cc[nH]c1. The Kier molecular flexibility index (Phi) is 5.01.